The van der Waals surface area contributed by atoms with E-state index in [9.17, 15) is 8.42 Å². The van der Waals surface area contributed by atoms with Crippen LogP contribution in [0.2, 0.25) is 0 Å². The van der Waals surface area contributed by atoms with Crippen LogP contribution in [0.15, 0.2) is 21.6 Å². The first-order chi connectivity index (χ1) is 8.85. The van der Waals surface area contributed by atoms with Gasteiger partial charge in [0.15, 0.2) is 0 Å². The van der Waals surface area contributed by atoms with Gasteiger partial charge in [0.05, 0.1) is 6.54 Å². The van der Waals surface area contributed by atoms with E-state index in [2.05, 4.69) is 23.9 Å². The number of rotatable bonds is 8. The monoisotopic (exact) mass is 288 g/mol. The highest BCUT2D eigenvalue weighted by atomic mass is 32.2. The van der Waals surface area contributed by atoms with E-state index in [1.165, 1.54) is 6.07 Å². The molecule has 1 aromatic heterocycles. The Hall–Kier alpha value is -0.850. The maximum absolute atomic E-state index is 12.1. The van der Waals surface area contributed by atoms with Gasteiger partial charge in [-0.25, -0.2) is 13.1 Å². The Morgan fingerprint density at radius 1 is 1.21 bits per heavy atom. The van der Waals surface area contributed by atoms with Crippen LogP contribution < -0.4 is 10.0 Å². The van der Waals surface area contributed by atoms with Crippen LogP contribution in [0, 0.1) is 5.92 Å². The molecule has 1 rings (SSSR count). The van der Waals surface area contributed by atoms with Crippen molar-refractivity contribution < 1.29 is 12.8 Å². The summed E-state index contributed by atoms with van der Waals surface area (Å²) in [6.07, 6.45) is 1.81. The molecule has 19 heavy (non-hydrogen) atoms. The summed E-state index contributed by atoms with van der Waals surface area (Å²) in [7, 11) is -1.77. The quantitative estimate of drug-likeness (QED) is 0.768. The van der Waals surface area contributed by atoms with Crippen LogP contribution in [0.5, 0.6) is 0 Å². The third-order valence-electron chi connectivity index (χ3n) is 2.79. The van der Waals surface area contributed by atoms with Crippen LogP contribution in [0.25, 0.3) is 0 Å². The Morgan fingerprint density at radius 3 is 2.47 bits per heavy atom. The highest BCUT2D eigenvalue weighted by molar-refractivity contribution is 7.89. The Labute approximate surface area is 115 Å². The molecule has 0 saturated heterocycles. The second-order valence-corrected chi connectivity index (χ2v) is 6.89. The lowest BCUT2D eigenvalue weighted by Gasteiger charge is -2.14. The van der Waals surface area contributed by atoms with Crippen LogP contribution >= 0.6 is 0 Å². The summed E-state index contributed by atoms with van der Waals surface area (Å²) in [5.41, 5.74) is 0. The molecule has 0 aliphatic carbocycles. The predicted molar refractivity (Wildman–Crippen MR) is 75.3 cm³/mol. The average Bonchev–Trinajstić information content (AvgIpc) is 2.76. The summed E-state index contributed by atoms with van der Waals surface area (Å²) in [5, 5.41) is 2.89. The van der Waals surface area contributed by atoms with Gasteiger partial charge in [-0.1, -0.05) is 13.8 Å². The van der Waals surface area contributed by atoms with Crippen LogP contribution in [-0.4, -0.2) is 21.5 Å². The SMILES string of the molecule is CNCc1ccc(S(=O)(=O)NC(C)CCC(C)C)o1. The van der Waals surface area contributed by atoms with Crippen molar-refractivity contribution in [1.29, 1.82) is 0 Å². The molecular formula is C13H24N2O3S. The third-order valence-corrected chi connectivity index (χ3v) is 4.25. The van der Waals surface area contributed by atoms with Crippen LogP contribution in [0.3, 0.4) is 0 Å². The van der Waals surface area contributed by atoms with Gasteiger partial charge in [-0.05, 0) is 44.9 Å². The van der Waals surface area contributed by atoms with E-state index in [1.54, 1.807) is 13.1 Å². The summed E-state index contributed by atoms with van der Waals surface area (Å²) in [6.45, 7) is 6.63. The van der Waals surface area contributed by atoms with E-state index in [-0.39, 0.29) is 11.1 Å². The largest absolute Gasteiger partial charge is 0.447 e. The highest BCUT2D eigenvalue weighted by Crippen LogP contribution is 2.15. The molecule has 1 unspecified atom stereocenters. The molecule has 6 heteroatoms. The van der Waals surface area contributed by atoms with Gasteiger partial charge in [0.25, 0.3) is 10.0 Å². The van der Waals surface area contributed by atoms with Crippen molar-refractivity contribution in [1.82, 2.24) is 10.0 Å². The molecule has 5 nitrogen and oxygen atoms in total. The average molecular weight is 288 g/mol. The minimum atomic E-state index is -3.55. The molecule has 0 aliphatic rings. The Bertz CT molecular complexity index is 480. The number of sulfonamides is 1. The molecule has 0 spiro atoms. The molecular weight excluding hydrogens is 264 g/mol. The van der Waals surface area contributed by atoms with Gasteiger partial charge < -0.3 is 9.73 Å². The summed E-state index contributed by atoms with van der Waals surface area (Å²) in [6, 6.07) is 3.07. The van der Waals surface area contributed by atoms with Crippen LogP contribution in [0.4, 0.5) is 0 Å². The van der Waals surface area contributed by atoms with Crippen molar-refractivity contribution >= 4 is 10.0 Å². The van der Waals surface area contributed by atoms with Crippen molar-refractivity contribution in [2.24, 2.45) is 5.92 Å². The summed E-state index contributed by atoms with van der Waals surface area (Å²) in [5.74, 6) is 1.18. The zero-order chi connectivity index (χ0) is 14.5. The molecule has 1 atom stereocenters. The van der Waals surface area contributed by atoms with Crippen molar-refractivity contribution in [3.63, 3.8) is 0 Å². The highest BCUT2D eigenvalue weighted by Gasteiger charge is 2.21. The lowest BCUT2D eigenvalue weighted by molar-refractivity contribution is 0.400. The zero-order valence-corrected chi connectivity index (χ0v) is 12.9. The molecule has 0 saturated carbocycles. The van der Waals surface area contributed by atoms with Crippen LogP contribution in [-0.2, 0) is 16.6 Å². The summed E-state index contributed by atoms with van der Waals surface area (Å²) < 4.78 is 32.1. The maximum Gasteiger partial charge on any atom is 0.274 e. The first-order valence-electron chi connectivity index (χ1n) is 6.60. The number of nitrogens with one attached hydrogen (secondary N) is 2. The topological polar surface area (TPSA) is 71.3 Å². The van der Waals surface area contributed by atoms with Gasteiger partial charge in [0.1, 0.15) is 5.76 Å². The van der Waals surface area contributed by atoms with Crippen LogP contribution in [0.1, 0.15) is 39.4 Å². The molecule has 1 aromatic rings. The molecule has 0 radical (unpaired) electrons. The van der Waals surface area contributed by atoms with Crippen molar-refractivity contribution in [2.75, 3.05) is 7.05 Å². The van der Waals surface area contributed by atoms with E-state index in [0.29, 0.717) is 18.2 Å². The molecule has 1 heterocycles. The van der Waals surface area contributed by atoms with E-state index in [1.807, 2.05) is 6.92 Å². The molecule has 2 N–H and O–H groups in total. The van der Waals surface area contributed by atoms with Gasteiger partial charge in [0.2, 0.25) is 5.09 Å². The van der Waals surface area contributed by atoms with E-state index >= 15 is 0 Å². The van der Waals surface area contributed by atoms with Gasteiger partial charge in [-0.3, -0.25) is 0 Å². The minimum Gasteiger partial charge on any atom is -0.447 e. The summed E-state index contributed by atoms with van der Waals surface area (Å²) >= 11 is 0. The second-order valence-electron chi connectivity index (χ2n) is 5.24. The predicted octanol–water partition coefficient (Wildman–Crippen LogP) is 2.10. The third kappa shape index (κ3) is 5.34. The molecule has 0 aromatic carbocycles. The van der Waals surface area contributed by atoms with Gasteiger partial charge in [-0.2, -0.15) is 0 Å². The van der Waals surface area contributed by atoms with Crippen molar-refractivity contribution in [3.8, 4) is 0 Å². The standard InChI is InChI=1S/C13H24N2O3S/c1-10(2)5-6-11(3)15-19(16,17)13-8-7-12(18-13)9-14-4/h7-8,10-11,14-15H,5-6,9H2,1-4H3. The number of hydrogen-bond acceptors (Lipinski definition) is 4. The fourth-order valence-corrected chi connectivity index (χ4v) is 2.96. The van der Waals surface area contributed by atoms with Crippen molar-refractivity contribution in [2.45, 2.75) is 51.3 Å². The van der Waals surface area contributed by atoms with E-state index in [4.69, 9.17) is 4.42 Å². The molecule has 0 aliphatic heterocycles. The fraction of sp³-hybridized carbons (Fsp3) is 0.692. The number of hydrogen-bond donors (Lipinski definition) is 2. The lowest BCUT2D eigenvalue weighted by Crippen LogP contribution is -2.32. The first kappa shape index (κ1) is 16.2. The van der Waals surface area contributed by atoms with Crippen molar-refractivity contribution in [3.05, 3.63) is 17.9 Å². The Morgan fingerprint density at radius 2 is 1.89 bits per heavy atom. The molecule has 0 bridgehead atoms. The first-order valence-corrected chi connectivity index (χ1v) is 8.09. The van der Waals surface area contributed by atoms with E-state index < -0.39 is 10.0 Å². The van der Waals surface area contributed by atoms with Gasteiger partial charge in [0, 0.05) is 6.04 Å². The molecule has 110 valence electrons. The van der Waals surface area contributed by atoms with Gasteiger partial charge in [-0.15, -0.1) is 0 Å². The second kappa shape index (κ2) is 7.07. The normalized spacial score (nSPS) is 13.9. The fourth-order valence-electron chi connectivity index (χ4n) is 1.74. The zero-order valence-electron chi connectivity index (χ0n) is 12.1. The number of furan rings is 1. The molecule has 0 amide bonds. The molecule has 0 fully saturated rings. The summed E-state index contributed by atoms with van der Waals surface area (Å²) in [4.78, 5) is 0. The Kier molecular flexibility index (Phi) is 6.03. The van der Waals surface area contributed by atoms with E-state index in [0.717, 1.165) is 12.8 Å². The minimum absolute atomic E-state index is 0.0193. The Balaban J connectivity index is 2.64. The maximum atomic E-state index is 12.1. The smallest absolute Gasteiger partial charge is 0.274 e. The lowest BCUT2D eigenvalue weighted by atomic mass is 10.1. The van der Waals surface area contributed by atoms with Gasteiger partial charge >= 0.3 is 0 Å².